The molecule has 0 spiro atoms. The quantitative estimate of drug-likeness (QED) is 0.756. The van der Waals surface area contributed by atoms with Gasteiger partial charge in [0.15, 0.2) is 0 Å². The van der Waals surface area contributed by atoms with Crippen molar-refractivity contribution in [1.29, 1.82) is 0 Å². The molecule has 0 aliphatic carbocycles. The number of benzene rings is 1. The fourth-order valence-corrected chi connectivity index (χ4v) is 1.08. The molecule has 0 unspecified atom stereocenters. The number of esters is 1. The van der Waals surface area contributed by atoms with Crippen molar-refractivity contribution >= 4 is 5.97 Å². The third-order valence-corrected chi connectivity index (χ3v) is 2.82. The van der Waals surface area contributed by atoms with Gasteiger partial charge in [-0.15, -0.1) is 0 Å². The van der Waals surface area contributed by atoms with E-state index in [4.69, 9.17) is 4.74 Å². The van der Waals surface area contributed by atoms with Gasteiger partial charge in [0.25, 0.3) is 5.92 Å². The summed E-state index contributed by atoms with van der Waals surface area (Å²) in [5, 5.41) is 0. The molecular weight excluding hydrogens is 226 g/mol. The number of hydrogen-bond donors (Lipinski definition) is 0. The highest BCUT2D eigenvalue weighted by Gasteiger charge is 2.49. The van der Waals surface area contributed by atoms with Gasteiger partial charge in [0.1, 0.15) is 12.0 Å². The Morgan fingerprint density at radius 3 is 2.18 bits per heavy atom. The molecule has 0 saturated heterocycles. The Labute approximate surface area is 99.6 Å². The maximum absolute atomic E-state index is 13.2. The number of alkyl halides is 2. The molecule has 0 saturated carbocycles. The van der Waals surface area contributed by atoms with Crippen LogP contribution in [0.1, 0.15) is 26.3 Å². The van der Waals surface area contributed by atoms with Gasteiger partial charge >= 0.3 is 5.97 Å². The number of carbonyl (C=O) groups excluding carboxylic acids is 1. The van der Waals surface area contributed by atoms with Crippen LogP contribution in [0.25, 0.3) is 0 Å². The second-order valence-electron chi connectivity index (χ2n) is 4.58. The molecule has 4 heteroatoms. The Morgan fingerprint density at radius 1 is 1.18 bits per heavy atom. The Hall–Kier alpha value is -1.45. The molecule has 94 valence electrons. The van der Waals surface area contributed by atoms with Crippen molar-refractivity contribution in [3.05, 3.63) is 35.9 Å². The third kappa shape index (κ3) is 3.25. The van der Waals surface area contributed by atoms with Crippen LogP contribution in [0.15, 0.2) is 30.3 Å². The van der Waals surface area contributed by atoms with Crippen molar-refractivity contribution < 1.29 is 18.3 Å². The van der Waals surface area contributed by atoms with Crippen LogP contribution in [0.5, 0.6) is 0 Å². The van der Waals surface area contributed by atoms with Gasteiger partial charge in [0.2, 0.25) is 0 Å². The van der Waals surface area contributed by atoms with E-state index in [-0.39, 0.29) is 6.61 Å². The molecule has 0 aliphatic rings. The number of hydrogen-bond acceptors (Lipinski definition) is 2. The summed E-state index contributed by atoms with van der Waals surface area (Å²) in [5.41, 5.74) is -1.04. The minimum atomic E-state index is -3.11. The molecule has 0 aliphatic heterocycles. The topological polar surface area (TPSA) is 26.3 Å². The molecule has 0 radical (unpaired) electrons. The summed E-state index contributed by atoms with van der Waals surface area (Å²) in [6.45, 7) is 3.09. The highest BCUT2D eigenvalue weighted by atomic mass is 19.3. The van der Waals surface area contributed by atoms with Crippen molar-refractivity contribution in [3.8, 4) is 0 Å². The highest BCUT2D eigenvalue weighted by molar-refractivity contribution is 5.77. The smallest absolute Gasteiger partial charge is 0.317 e. The molecule has 1 aromatic rings. The molecule has 0 aromatic heterocycles. The number of ether oxygens (including phenoxy) is 1. The second-order valence-corrected chi connectivity index (χ2v) is 4.58. The largest absolute Gasteiger partial charge is 0.460 e. The lowest BCUT2D eigenvalue weighted by Crippen LogP contribution is -2.41. The van der Waals surface area contributed by atoms with Gasteiger partial charge in [-0.1, -0.05) is 30.3 Å². The lowest BCUT2D eigenvalue weighted by Gasteiger charge is -2.28. The first-order valence-electron chi connectivity index (χ1n) is 5.34. The van der Waals surface area contributed by atoms with E-state index in [1.54, 1.807) is 24.3 Å². The summed E-state index contributed by atoms with van der Waals surface area (Å²) in [6.07, 6.45) is 0. The van der Waals surface area contributed by atoms with Crippen LogP contribution in [0.2, 0.25) is 0 Å². The van der Waals surface area contributed by atoms with E-state index in [2.05, 4.69) is 0 Å². The molecule has 17 heavy (non-hydrogen) atoms. The van der Waals surface area contributed by atoms with E-state index in [9.17, 15) is 13.6 Å². The lowest BCUT2D eigenvalue weighted by atomic mass is 9.87. The summed E-state index contributed by atoms with van der Waals surface area (Å²) in [7, 11) is 0. The van der Waals surface area contributed by atoms with Crippen molar-refractivity contribution in [2.24, 2.45) is 5.41 Å². The van der Waals surface area contributed by atoms with Crippen molar-refractivity contribution in [1.82, 2.24) is 0 Å². The minimum Gasteiger partial charge on any atom is -0.460 e. The van der Waals surface area contributed by atoms with E-state index < -0.39 is 17.3 Å². The summed E-state index contributed by atoms with van der Waals surface area (Å²) in [6, 6.07) is 8.95. The van der Waals surface area contributed by atoms with Crippen LogP contribution < -0.4 is 0 Å². The summed E-state index contributed by atoms with van der Waals surface area (Å²) in [4.78, 5) is 11.6. The molecule has 0 N–H and O–H groups in total. The summed E-state index contributed by atoms with van der Waals surface area (Å²) in [5.74, 6) is -4.00. The SMILES string of the molecule is CC(F)(F)C(C)(C)C(=O)OCc1ccccc1. The van der Waals surface area contributed by atoms with Crippen molar-refractivity contribution in [2.45, 2.75) is 33.3 Å². The zero-order valence-corrected chi connectivity index (χ0v) is 10.2. The molecule has 0 amide bonds. The predicted octanol–water partition coefficient (Wildman–Crippen LogP) is 3.41. The standard InChI is InChI=1S/C13H16F2O2/c1-12(2,13(3,14)15)11(16)17-9-10-7-5-4-6-8-10/h4-8H,9H2,1-3H3. The first-order chi connectivity index (χ1) is 7.75. The molecule has 1 aromatic carbocycles. The molecule has 0 atom stereocenters. The van der Waals surface area contributed by atoms with Crippen LogP contribution in [0.4, 0.5) is 8.78 Å². The maximum atomic E-state index is 13.2. The van der Waals surface area contributed by atoms with E-state index in [0.717, 1.165) is 12.5 Å². The summed E-state index contributed by atoms with van der Waals surface area (Å²) >= 11 is 0. The minimum absolute atomic E-state index is 0.0131. The fraction of sp³-hybridized carbons (Fsp3) is 0.462. The van der Waals surface area contributed by atoms with E-state index >= 15 is 0 Å². The van der Waals surface area contributed by atoms with Gasteiger partial charge in [-0.05, 0) is 19.4 Å². The third-order valence-electron chi connectivity index (χ3n) is 2.82. The van der Waals surface area contributed by atoms with Gasteiger partial charge in [0, 0.05) is 6.92 Å². The van der Waals surface area contributed by atoms with Crippen LogP contribution >= 0.6 is 0 Å². The Balaban J connectivity index is 2.62. The monoisotopic (exact) mass is 242 g/mol. The van der Waals surface area contributed by atoms with Gasteiger partial charge in [-0.2, -0.15) is 0 Å². The molecule has 2 nitrogen and oxygen atoms in total. The number of halogens is 2. The van der Waals surface area contributed by atoms with Gasteiger partial charge in [-0.3, -0.25) is 4.79 Å². The van der Waals surface area contributed by atoms with Crippen LogP contribution in [-0.2, 0) is 16.1 Å². The van der Waals surface area contributed by atoms with Gasteiger partial charge < -0.3 is 4.74 Å². The van der Waals surface area contributed by atoms with E-state index in [1.807, 2.05) is 6.07 Å². The summed E-state index contributed by atoms with van der Waals surface area (Å²) < 4.78 is 31.3. The van der Waals surface area contributed by atoms with E-state index in [1.165, 1.54) is 13.8 Å². The zero-order valence-electron chi connectivity index (χ0n) is 10.2. The van der Waals surface area contributed by atoms with Gasteiger partial charge in [-0.25, -0.2) is 8.78 Å². The lowest BCUT2D eigenvalue weighted by molar-refractivity contribution is -0.177. The number of carbonyl (C=O) groups is 1. The average Bonchev–Trinajstić information content (AvgIpc) is 2.25. The van der Waals surface area contributed by atoms with Crippen molar-refractivity contribution in [3.63, 3.8) is 0 Å². The first-order valence-corrected chi connectivity index (χ1v) is 5.34. The Bertz CT molecular complexity index is 380. The predicted molar refractivity (Wildman–Crippen MR) is 60.6 cm³/mol. The average molecular weight is 242 g/mol. The fourth-order valence-electron chi connectivity index (χ4n) is 1.08. The van der Waals surface area contributed by atoms with Gasteiger partial charge in [0.05, 0.1) is 0 Å². The van der Waals surface area contributed by atoms with Crippen LogP contribution in [0.3, 0.4) is 0 Å². The zero-order chi connectivity index (χ0) is 13.1. The molecule has 0 heterocycles. The van der Waals surface area contributed by atoms with Crippen LogP contribution in [-0.4, -0.2) is 11.9 Å². The normalized spacial score (nSPS) is 12.3. The van der Waals surface area contributed by atoms with E-state index in [0.29, 0.717) is 0 Å². The second kappa shape index (κ2) is 4.82. The first kappa shape index (κ1) is 13.6. The number of rotatable bonds is 4. The van der Waals surface area contributed by atoms with Crippen LogP contribution in [0, 0.1) is 5.41 Å². The maximum Gasteiger partial charge on any atom is 0.317 e. The highest BCUT2D eigenvalue weighted by Crippen LogP contribution is 2.36. The molecular formula is C13H16F2O2. The molecule has 1 rings (SSSR count). The Kier molecular flexibility index (Phi) is 3.86. The Morgan fingerprint density at radius 2 is 1.71 bits per heavy atom. The molecule has 0 bridgehead atoms. The molecule has 0 fully saturated rings. The van der Waals surface area contributed by atoms with Crippen molar-refractivity contribution in [2.75, 3.05) is 0 Å².